The highest BCUT2D eigenvalue weighted by Gasteiger charge is 2.34. The largest absolute Gasteiger partial charge is 0.467 e. The van der Waals surface area contributed by atoms with Gasteiger partial charge in [-0.3, -0.25) is 9.59 Å². The van der Waals surface area contributed by atoms with Crippen LogP contribution >= 0.6 is 0 Å². The number of aromatic nitrogens is 4. The van der Waals surface area contributed by atoms with Gasteiger partial charge in [0.05, 0.1) is 12.8 Å². The molecule has 0 radical (unpaired) electrons. The number of carbonyl (C=O) groups is 2. The van der Waals surface area contributed by atoms with Crippen molar-refractivity contribution in [1.82, 2.24) is 29.5 Å². The molecule has 2 aromatic heterocycles. The van der Waals surface area contributed by atoms with E-state index in [2.05, 4.69) is 27.2 Å². The quantitative estimate of drug-likeness (QED) is 0.212. The normalized spacial score (nSPS) is 13.3. The van der Waals surface area contributed by atoms with E-state index < -0.39 is 6.04 Å². The van der Waals surface area contributed by atoms with E-state index in [0.29, 0.717) is 25.1 Å². The first-order chi connectivity index (χ1) is 22.1. The summed E-state index contributed by atoms with van der Waals surface area (Å²) in [6, 6.07) is 27.3. The molecule has 0 unspecified atom stereocenters. The number of fused-ring (bicyclic) bond motifs is 1. The van der Waals surface area contributed by atoms with Gasteiger partial charge in [-0.2, -0.15) is 5.10 Å². The number of benzene rings is 3. The lowest BCUT2D eigenvalue weighted by atomic mass is 9.97. The Kier molecular flexibility index (Phi) is 9.06. The van der Waals surface area contributed by atoms with E-state index in [9.17, 15) is 9.59 Å². The van der Waals surface area contributed by atoms with Crippen LogP contribution < -0.4 is 4.74 Å². The van der Waals surface area contributed by atoms with Gasteiger partial charge in [0.15, 0.2) is 0 Å². The van der Waals surface area contributed by atoms with Crippen LogP contribution in [0.25, 0.3) is 11.8 Å². The fourth-order valence-corrected chi connectivity index (χ4v) is 5.56. The van der Waals surface area contributed by atoms with Crippen LogP contribution in [-0.4, -0.2) is 61.1 Å². The van der Waals surface area contributed by atoms with Crippen molar-refractivity contribution >= 4 is 17.9 Å². The van der Waals surface area contributed by atoms with Gasteiger partial charge in [0.1, 0.15) is 6.04 Å². The Morgan fingerprint density at radius 3 is 2.36 bits per heavy atom. The zero-order valence-corrected chi connectivity index (χ0v) is 25.1. The smallest absolute Gasteiger partial charge is 0.316 e. The van der Waals surface area contributed by atoms with Crippen molar-refractivity contribution in [2.45, 2.75) is 32.0 Å². The van der Waals surface area contributed by atoms with Gasteiger partial charge in [-0.25, -0.2) is 14.6 Å². The Morgan fingerprint density at radius 1 is 0.911 bits per heavy atom. The fourth-order valence-electron chi connectivity index (χ4n) is 5.56. The van der Waals surface area contributed by atoms with Gasteiger partial charge in [0, 0.05) is 62.5 Å². The lowest BCUT2D eigenvalue weighted by molar-refractivity contribution is -0.144. The minimum absolute atomic E-state index is 0.0731. The molecule has 2 amide bonds. The Hall–Kier alpha value is -5.57. The van der Waals surface area contributed by atoms with Crippen molar-refractivity contribution < 1.29 is 14.3 Å². The number of methoxy groups -OCH3 is 1. The Labute approximate surface area is 262 Å². The molecule has 1 aliphatic rings. The van der Waals surface area contributed by atoms with Crippen LogP contribution in [0.3, 0.4) is 0 Å². The number of amides is 2. The van der Waals surface area contributed by atoms with Crippen LogP contribution in [-0.2, 0) is 35.5 Å². The summed E-state index contributed by atoms with van der Waals surface area (Å²) >= 11 is 0. The van der Waals surface area contributed by atoms with Gasteiger partial charge in [0.25, 0.3) is 0 Å². The maximum absolute atomic E-state index is 14.5. The molecule has 0 fully saturated rings. The van der Waals surface area contributed by atoms with Crippen molar-refractivity contribution in [3.8, 4) is 11.7 Å². The highest BCUT2D eigenvalue weighted by Crippen LogP contribution is 2.23. The number of hydrogen-bond acceptors (Lipinski definition) is 6. The topological polar surface area (TPSA) is 93.4 Å². The molecular formula is C36H34N6O3. The van der Waals surface area contributed by atoms with Crippen LogP contribution in [0.4, 0.5) is 0 Å². The second kappa shape index (κ2) is 13.8. The van der Waals surface area contributed by atoms with E-state index in [1.807, 2.05) is 83.9 Å². The molecule has 9 heteroatoms. The van der Waals surface area contributed by atoms with Crippen molar-refractivity contribution in [1.29, 1.82) is 0 Å². The van der Waals surface area contributed by atoms with Gasteiger partial charge in [-0.15, -0.1) is 0 Å². The van der Waals surface area contributed by atoms with E-state index in [1.165, 1.54) is 18.7 Å². The summed E-state index contributed by atoms with van der Waals surface area (Å²) in [6.07, 6.45) is 11.1. The monoisotopic (exact) mass is 598 g/mol. The van der Waals surface area contributed by atoms with E-state index >= 15 is 0 Å². The molecule has 1 atom stereocenters. The number of carbonyl (C=O) groups excluding carboxylic acids is 2. The highest BCUT2D eigenvalue weighted by atomic mass is 16.5. The molecule has 226 valence electrons. The number of nitrogens with zero attached hydrogens (tertiary/aromatic N) is 6. The molecule has 0 aliphatic carbocycles. The lowest BCUT2D eigenvalue weighted by Gasteiger charge is -2.37. The molecule has 5 aromatic rings. The van der Waals surface area contributed by atoms with Crippen molar-refractivity contribution in [2.75, 3.05) is 13.7 Å². The Morgan fingerprint density at radius 2 is 1.64 bits per heavy atom. The fraction of sp³-hybridized carbons (Fsp3) is 0.194. The molecule has 3 aromatic carbocycles. The summed E-state index contributed by atoms with van der Waals surface area (Å²) in [7, 11) is 1.50. The Balaban J connectivity index is 1.33. The second-order valence-electron chi connectivity index (χ2n) is 10.9. The molecule has 0 saturated carbocycles. The molecular weight excluding hydrogens is 564 g/mol. The second-order valence-corrected chi connectivity index (χ2v) is 10.9. The molecule has 0 saturated heterocycles. The lowest BCUT2D eigenvalue weighted by Crippen LogP contribution is -2.52. The Bertz CT molecular complexity index is 1750. The van der Waals surface area contributed by atoms with Gasteiger partial charge >= 0.3 is 6.01 Å². The summed E-state index contributed by atoms with van der Waals surface area (Å²) in [5.74, 6) is -0.357. The first-order valence-corrected chi connectivity index (χ1v) is 14.9. The molecule has 0 bridgehead atoms. The highest BCUT2D eigenvalue weighted by molar-refractivity contribution is 5.95. The molecule has 1 aliphatic heterocycles. The van der Waals surface area contributed by atoms with Crippen molar-refractivity contribution in [2.24, 2.45) is 0 Å². The number of ether oxygens (including phenoxy) is 1. The number of hydrogen-bond donors (Lipinski definition) is 0. The van der Waals surface area contributed by atoms with E-state index in [1.54, 1.807) is 34.2 Å². The third-order valence-electron chi connectivity index (χ3n) is 7.97. The summed E-state index contributed by atoms with van der Waals surface area (Å²) in [6.45, 7) is 1.36. The van der Waals surface area contributed by atoms with Gasteiger partial charge < -0.3 is 14.5 Å². The third-order valence-corrected chi connectivity index (χ3v) is 7.97. The van der Waals surface area contributed by atoms with E-state index in [4.69, 9.17) is 4.74 Å². The molecule has 6 rings (SSSR count). The summed E-state index contributed by atoms with van der Waals surface area (Å²) < 4.78 is 6.84. The predicted octanol–water partition coefficient (Wildman–Crippen LogP) is 4.91. The van der Waals surface area contributed by atoms with Crippen LogP contribution in [0.5, 0.6) is 6.01 Å². The average molecular weight is 599 g/mol. The molecule has 0 spiro atoms. The summed E-state index contributed by atoms with van der Waals surface area (Å²) in [5.41, 5.74) is 5.83. The van der Waals surface area contributed by atoms with E-state index in [-0.39, 0.29) is 24.4 Å². The standard InChI is InChI=1S/C36H34N6O3/c1-45-36-37-23-29(24-38-36)14-17-34(43)41(25-28-12-15-32(16-13-28)42-20-7-19-39-42)33(22-27-8-3-2-4-9-27)35(44)40-21-18-30-10-5-6-11-31(30)26-40/h2-17,19-20,23-24,33H,18,21-22,25-26H2,1H3/t33-/m0/s1. The first kappa shape index (κ1) is 29.5. The minimum atomic E-state index is -0.729. The zero-order valence-electron chi connectivity index (χ0n) is 25.1. The zero-order chi connectivity index (χ0) is 31.0. The van der Waals surface area contributed by atoms with E-state index in [0.717, 1.165) is 28.8 Å². The van der Waals surface area contributed by atoms with Gasteiger partial charge in [-0.05, 0) is 52.9 Å². The molecule has 45 heavy (non-hydrogen) atoms. The number of rotatable bonds is 10. The van der Waals surface area contributed by atoms with Crippen molar-refractivity contribution in [3.05, 3.63) is 144 Å². The van der Waals surface area contributed by atoms with Crippen LogP contribution in [0.2, 0.25) is 0 Å². The van der Waals surface area contributed by atoms with Gasteiger partial charge in [0.2, 0.25) is 11.8 Å². The minimum Gasteiger partial charge on any atom is -0.467 e. The summed E-state index contributed by atoms with van der Waals surface area (Å²) in [4.78, 5) is 40.4. The summed E-state index contributed by atoms with van der Waals surface area (Å²) in [5, 5.41) is 4.31. The van der Waals surface area contributed by atoms with Crippen molar-refractivity contribution in [3.63, 3.8) is 0 Å². The van der Waals surface area contributed by atoms with Gasteiger partial charge in [-0.1, -0.05) is 66.7 Å². The maximum Gasteiger partial charge on any atom is 0.316 e. The van der Waals surface area contributed by atoms with Crippen LogP contribution in [0.15, 0.2) is 116 Å². The molecule has 9 nitrogen and oxygen atoms in total. The average Bonchev–Trinajstić information content (AvgIpc) is 3.64. The molecule has 0 N–H and O–H groups in total. The first-order valence-electron chi connectivity index (χ1n) is 14.9. The van der Waals surface area contributed by atoms with Crippen LogP contribution in [0, 0.1) is 0 Å². The predicted molar refractivity (Wildman–Crippen MR) is 171 cm³/mol. The molecule has 3 heterocycles. The SMILES string of the molecule is COc1ncc(C=CC(=O)N(Cc2ccc(-n3cccn3)cc2)[C@@H](Cc2ccccc2)C(=O)N2CCc3ccccc3C2)cn1. The third kappa shape index (κ3) is 7.15. The maximum atomic E-state index is 14.5. The van der Waals surface area contributed by atoms with Crippen LogP contribution in [0.1, 0.15) is 27.8 Å².